The van der Waals surface area contributed by atoms with Crippen LogP contribution in [0.2, 0.25) is 0 Å². The summed E-state index contributed by atoms with van der Waals surface area (Å²) in [6.45, 7) is 1.95. The lowest BCUT2D eigenvalue weighted by Gasteiger charge is -2.06. The number of nitrogens with zero attached hydrogens (tertiary/aromatic N) is 1. The third-order valence-electron chi connectivity index (χ3n) is 3.06. The summed E-state index contributed by atoms with van der Waals surface area (Å²) in [5, 5.41) is 10.6. The van der Waals surface area contributed by atoms with Gasteiger partial charge in [0.15, 0.2) is 0 Å². The standard InChI is InChI=1S/C12H13N3O4/c1-7-5-10(7)12(17)14-13-11(16)8-3-2-4-9(6-8)15(18)19/h2-4,6-7,10H,5H2,1H3,(H,13,16)(H,14,17)/t7-,10-/m0/s1. The molecule has 7 heteroatoms. The molecule has 2 atom stereocenters. The summed E-state index contributed by atoms with van der Waals surface area (Å²) < 4.78 is 0. The molecule has 1 aromatic rings. The minimum Gasteiger partial charge on any atom is -0.273 e. The molecular weight excluding hydrogens is 250 g/mol. The maximum atomic E-state index is 11.7. The number of nitro benzene ring substituents is 1. The van der Waals surface area contributed by atoms with Crippen molar-refractivity contribution < 1.29 is 14.5 Å². The number of benzene rings is 1. The fraction of sp³-hybridized carbons (Fsp3) is 0.333. The average molecular weight is 263 g/mol. The van der Waals surface area contributed by atoms with Crippen LogP contribution in [-0.4, -0.2) is 16.7 Å². The molecule has 0 unspecified atom stereocenters. The molecule has 0 radical (unpaired) electrons. The molecule has 1 fully saturated rings. The number of non-ortho nitro benzene ring substituents is 1. The van der Waals surface area contributed by atoms with Gasteiger partial charge in [-0.05, 0) is 18.4 Å². The second kappa shape index (κ2) is 5.05. The zero-order valence-corrected chi connectivity index (χ0v) is 10.3. The first-order chi connectivity index (χ1) is 8.99. The number of amides is 2. The Balaban J connectivity index is 1.94. The van der Waals surface area contributed by atoms with Crippen molar-refractivity contribution in [2.45, 2.75) is 13.3 Å². The number of carbonyl (C=O) groups is 2. The van der Waals surface area contributed by atoms with Crippen LogP contribution in [-0.2, 0) is 4.79 Å². The number of nitro groups is 1. The highest BCUT2D eigenvalue weighted by molar-refractivity contribution is 5.96. The van der Waals surface area contributed by atoms with Gasteiger partial charge in [-0.2, -0.15) is 0 Å². The first-order valence-corrected chi connectivity index (χ1v) is 5.83. The molecule has 0 aliphatic heterocycles. The van der Waals surface area contributed by atoms with Gasteiger partial charge in [0.05, 0.1) is 4.92 Å². The average Bonchev–Trinajstić information content (AvgIpc) is 3.13. The molecule has 0 spiro atoms. The second-order valence-electron chi connectivity index (χ2n) is 4.57. The summed E-state index contributed by atoms with van der Waals surface area (Å²) in [5.74, 6) is -0.517. The van der Waals surface area contributed by atoms with Crippen molar-refractivity contribution in [3.8, 4) is 0 Å². The minimum absolute atomic E-state index is 0.0505. The first kappa shape index (κ1) is 13.0. The molecule has 2 N–H and O–H groups in total. The van der Waals surface area contributed by atoms with Crippen molar-refractivity contribution in [2.24, 2.45) is 11.8 Å². The van der Waals surface area contributed by atoms with E-state index in [-0.39, 0.29) is 23.1 Å². The van der Waals surface area contributed by atoms with E-state index in [0.29, 0.717) is 5.92 Å². The Labute approximate surface area is 109 Å². The molecule has 7 nitrogen and oxygen atoms in total. The zero-order chi connectivity index (χ0) is 14.0. The SMILES string of the molecule is C[C@H]1C[C@@H]1C(=O)NNC(=O)c1cccc([N+](=O)[O-])c1. The molecule has 1 aliphatic rings. The van der Waals surface area contributed by atoms with E-state index in [1.54, 1.807) is 0 Å². The lowest BCUT2D eigenvalue weighted by Crippen LogP contribution is -2.42. The van der Waals surface area contributed by atoms with Crippen molar-refractivity contribution in [1.82, 2.24) is 10.9 Å². The molecule has 2 rings (SSSR count). The zero-order valence-electron chi connectivity index (χ0n) is 10.3. The third kappa shape index (κ3) is 3.06. The lowest BCUT2D eigenvalue weighted by molar-refractivity contribution is -0.384. The van der Waals surface area contributed by atoms with Crippen molar-refractivity contribution in [3.63, 3.8) is 0 Å². The quantitative estimate of drug-likeness (QED) is 0.627. The summed E-state index contributed by atoms with van der Waals surface area (Å²) in [5.41, 5.74) is 4.51. The molecule has 1 aromatic carbocycles. The Kier molecular flexibility index (Phi) is 3.46. The highest BCUT2D eigenvalue weighted by Gasteiger charge is 2.39. The van der Waals surface area contributed by atoms with Crippen LogP contribution in [0.5, 0.6) is 0 Å². The smallest absolute Gasteiger partial charge is 0.270 e. The van der Waals surface area contributed by atoms with Gasteiger partial charge in [-0.15, -0.1) is 0 Å². The Morgan fingerprint density at radius 1 is 1.37 bits per heavy atom. The molecule has 19 heavy (non-hydrogen) atoms. The van der Waals surface area contributed by atoms with Crippen LogP contribution in [0, 0.1) is 22.0 Å². The number of nitrogens with one attached hydrogen (secondary N) is 2. The van der Waals surface area contributed by atoms with E-state index in [9.17, 15) is 19.7 Å². The number of carbonyl (C=O) groups excluding carboxylic acids is 2. The molecule has 0 heterocycles. The van der Waals surface area contributed by atoms with Crippen LogP contribution in [0.3, 0.4) is 0 Å². The van der Waals surface area contributed by atoms with Crippen LogP contribution in [0.4, 0.5) is 5.69 Å². The second-order valence-corrected chi connectivity index (χ2v) is 4.57. The van der Waals surface area contributed by atoms with Gasteiger partial charge in [0.1, 0.15) is 0 Å². The van der Waals surface area contributed by atoms with Gasteiger partial charge >= 0.3 is 0 Å². The topological polar surface area (TPSA) is 101 Å². The van der Waals surface area contributed by atoms with E-state index >= 15 is 0 Å². The van der Waals surface area contributed by atoms with Crippen molar-refractivity contribution >= 4 is 17.5 Å². The molecular formula is C12H13N3O4. The lowest BCUT2D eigenvalue weighted by atomic mass is 10.2. The highest BCUT2D eigenvalue weighted by Crippen LogP contribution is 2.37. The van der Waals surface area contributed by atoms with Crippen molar-refractivity contribution in [3.05, 3.63) is 39.9 Å². The fourth-order valence-corrected chi connectivity index (χ4v) is 1.73. The Hall–Kier alpha value is -2.44. The first-order valence-electron chi connectivity index (χ1n) is 5.83. The summed E-state index contributed by atoms with van der Waals surface area (Å²) in [6.07, 6.45) is 0.818. The van der Waals surface area contributed by atoms with Crippen LogP contribution >= 0.6 is 0 Å². The third-order valence-corrected chi connectivity index (χ3v) is 3.06. The Morgan fingerprint density at radius 2 is 2.05 bits per heavy atom. The van der Waals surface area contributed by atoms with E-state index in [1.165, 1.54) is 18.2 Å². The van der Waals surface area contributed by atoms with Crippen LogP contribution in [0.1, 0.15) is 23.7 Å². The van der Waals surface area contributed by atoms with Crippen LogP contribution in [0.15, 0.2) is 24.3 Å². The van der Waals surface area contributed by atoms with E-state index in [4.69, 9.17) is 0 Å². The predicted octanol–water partition coefficient (Wildman–Crippen LogP) is 1.01. The highest BCUT2D eigenvalue weighted by atomic mass is 16.6. The monoisotopic (exact) mass is 263 g/mol. The Morgan fingerprint density at radius 3 is 2.63 bits per heavy atom. The largest absolute Gasteiger partial charge is 0.273 e. The van der Waals surface area contributed by atoms with Gasteiger partial charge in [0.2, 0.25) is 5.91 Å². The van der Waals surface area contributed by atoms with Gasteiger partial charge in [-0.1, -0.05) is 13.0 Å². The number of rotatable bonds is 3. The van der Waals surface area contributed by atoms with E-state index in [2.05, 4.69) is 10.9 Å². The van der Waals surface area contributed by atoms with Gasteiger partial charge in [0, 0.05) is 23.6 Å². The summed E-state index contributed by atoms with van der Waals surface area (Å²) in [4.78, 5) is 33.2. The Bertz CT molecular complexity index is 544. The number of hydrogen-bond donors (Lipinski definition) is 2. The summed E-state index contributed by atoms with van der Waals surface area (Å²) >= 11 is 0. The van der Waals surface area contributed by atoms with Gasteiger partial charge < -0.3 is 0 Å². The molecule has 100 valence electrons. The van der Waals surface area contributed by atoms with Crippen LogP contribution < -0.4 is 10.9 Å². The molecule has 1 aliphatic carbocycles. The predicted molar refractivity (Wildman–Crippen MR) is 66.0 cm³/mol. The fourth-order valence-electron chi connectivity index (χ4n) is 1.73. The minimum atomic E-state index is -0.582. The molecule has 0 saturated heterocycles. The summed E-state index contributed by atoms with van der Waals surface area (Å²) in [6, 6.07) is 5.30. The summed E-state index contributed by atoms with van der Waals surface area (Å²) in [7, 11) is 0. The van der Waals surface area contributed by atoms with Gasteiger partial charge in [-0.3, -0.25) is 30.6 Å². The molecule has 1 saturated carbocycles. The maximum absolute atomic E-state index is 11.7. The van der Waals surface area contributed by atoms with Crippen molar-refractivity contribution in [1.29, 1.82) is 0 Å². The molecule has 2 amide bonds. The van der Waals surface area contributed by atoms with Crippen molar-refractivity contribution in [2.75, 3.05) is 0 Å². The number of hydrazine groups is 1. The van der Waals surface area contributed by atoms with E-state index in [1.807, 2.05) is 6.92 Å². The van der Waals surface area contributed by atoms with Crippen LogP contribution in [0.25, 0.3) is 0 Å². The van der Waals surface area contributed by atoms with E-state index in [0.717, 1.165) is 12.5 Å². The number of hydrogen-bond acceptors (Lipinski definition) is 4. The van der Waals surface area contributed by atoms with E-state index < -0.39 is 10.8 Å². The molecule has 0 aromatic heterocycles. The van der Waals surface area contributed by atoms with Gasteiger partial charge in [-0.25, -0.2) is 0 Å². The normalized spacial score (nSPS) is 20.5. The van der Waals surface area contributed by atoms with Gasteiger partial charge in [0.25, 0.3) is 11.6 Å². The molecule has 0 bridgehead atoms. The maximum Gasteiger partial charge on any atom is 0.270 e.